The second-order valence-electron chi connectivity index (χ2n) is 2.09. The van der Waals surface area contributed by atoms with E-state index in [9.17, 15) is 18.3 Å². The Morgan fingerprint density at radius 3 is 0.706 bits per heavy atom. The van der Waals surface area contributed by atoms with Crippen molar-refractivity contribution in [1.82, 2.24) is 0 Å². The SMILES string of the molecule is O=P(O)(O)OP(=O)(O)O.O=P(O)(O)P(=O)(O)O. The van der Waals surface area contributed by atoms with Gasteiger partial charge in [-0.05, 0) is 0 Å². The fourth-order valence-electron chi connectivity index (χ4n) is 0.139. The Morgan fingerprint density at radius 1 is 0.529 bits per heavy atom. The molecule has 106 valence electrons. The molecule has 0 unspecified atom stereocenters. The summed E-state index contributed by atoms with van der Waals surface area (Å²) in [5.74, 6) is 0. The van der Waals surface area contributed by atoms with Crippen LogP contribution in [-0.2, 0) is 22.6 Å². The predicted octanol–water partition coefficient (Wildman–Crippen LogP) is -1.55. The zero-order valence-electron chi connectivity index (χ0n) is 7.41. The van der Waals surface area contributed by atoms with Crippen LogP contribution in [0.5, 0.6) is 0 Å². The lowest BCUT2D eigenvalue weighted by Gasteiger charge is -2.03. The van der Waals surface area contributed by atoms with E-state index in [0.717, 1.165) is 0 Å². The molecular weight excluding hydrogens is 332 g/mol. The van der Waals surface area contributed by atoms with Gasteiger partial charge in [-0.3, -0.25) is 0 Å². The van der Waals surface area contributed by atoms with Crippen LogP contribution in [0.25, 0.3) is 0 Å². The summed E-state index contributed by atoms with van der Waals surface area (Å²) in [7, 11) is -20.5. The third-order valence-electron chi connectivity index (χ3n) is 0.552. The molecule has 0 amide bonds. The van der Waals surface area contributed by atoms with E-state index in [4.69, 9.17) is 39.1 Å². The smallest absolute Gasteiger partial charge is 0.316 e. The fraction of sp³-hybridized carbons (Fsp3) is 0. The molecule has 0 aliphatic heterocycles. The molecule has 0 bridgehead atoms. The van der Waals surface area contributed by atoms with Crippen LogP contribution in [0, 0.1) is 0 Å². The van der Waals surface area contributed by atoms with Gasteiger partial charge in [0.05, 0.1) is 0 Å². The highest BCUT2D eigenvalue weighted by Gasteiger charge is 2.37. The maximum Gasteiger partial charge on any atom is 0.478 e. The lowest BCUT2D eigenvalue weighted by Crippen LogP contribution is -1.84. The fourth-order valence-corrected chi connectivity index (χ4v) is 1.25. The highest BCUT2D eigenvalue weighted by Crippen LogP contribution is 2.71. The minimum absolute atomic E-state index is 2.96. The molecule has 0 saturated carbocycles. The van der Waals surface area contributed by atoms with Crippen molar-refractivity contribution in [3.8, 4) is 0 Å². The average molecular weight is 340 g/mol. The molecule has 17 heteroatoms. The molecule has 0 spiro atoms. The molecule has 17 heavy (non-hydrogen) atoms. The van der Waals surface area contributed by atoms with Crippen LogP contribution in [0.15, 0.2) is 0 Å². The maximum atomic E-state index is 9.63. The van der Waals surface area contributed by atoms with Crippen LogP contribution in [0.4, 0.5) is 0 Å². The third-order valence-corrected chi connectivity index (χ3v) is 4.97. The van der Waals surface area contributed by atoms with E-state index in [0.29, 0.717) is 0 Å². The molecule has 0 aromatic carbocycles. The molecule has 0 saturated heterocycles. The molecule has 0 rings (SSSR count). The molecule has 0 aliphatic carbocycles. The van der Waals surface area contributed by atoms with Crippen LogP contribution < -0.4 is 0 Å². The van der Waals surface area contributed by atoms with E-state index in [1.165, 1.54) is 0 Å². The lowest BCUT2D eigenvalue weighted by molar-refractivity contribution is 0.225. The highest BCUT2D eigenvalue weighted by atomic mass is 32.1. The Hall–Kier alpha value is 0.560. The Kier molecular flexibility index (Phi) is 7.18. The quantitative estimate of drug-likeness (QED) is 0.271. The first-order valence-corrected chi connectivity index (χ1v) is 9.89. The summed E-state index contributed by atoms with van der Waals surface area (Å²) >= 11 is 0. The molecule has 0 aliphatic rings. The van der Waals surface area contributed by atoms with E-state index in [1.54, 1.807) is 0 Å². The van der Waals surface area contributed by atoms with Crippen LogP contribution in [0.2, 0.25) is 0 Å². The second-order valence-corrected chi connectivity index (χ2v) is 9.88. The van der Waals surface area contributed by atoms with Gasteiger partial charge in [-0.15, -0.1) is 0 Å². The van der Waals surface area contributed by atoms with Gasteiger partial charge in [0.1, 0.15) is 0 Å². The van der Waals surface area contributed by atoms with Gasteiger partial charge in [0, 0.05) is 0 Å². The van der Waals surface area contributed by atoms with E-state index in [1.807, 2.05) is 0 Å². The first-order chi connectivity index (χ1) is 6.96. The van der Waals surface area contributed by atoms with Crippen molar-refractivity contribution < 1.29 is 61.7 Å². The minimum Gasteiger partial charge on any atom is -0.316 e. The molecular formula is H8O13P4. The first kappa shape index (κ1) is 19.9. The molecule has 8 N–H and O–H groups in total. The largest absolute Gasteiger partial charge is 0.478 e. The van der Waals surface area contributed by atoms with Crippen molar-refractivity contribution in [3.63, 3.8) is 0 Å². The molecule has 0 atom stereocenters. The van der Waals surface area contributed by atoms with Crippen LogP contribution in [0.3, 0.4) is 0 Å². The monoisotopic (exact) mass is 340 g/mol. The van der Waals surface area contributed by atoms with Crippen LogP contribution in [-0.4, -0.2) is 39.1 Å². The zero-order valence-corrected chi connectivity index (χ0v) is 11.0. The third kappa shape index (κ3) is 14.5. The van der Waals surface area contributed by atoms with Crippen molar-refractivity contribution in [1.29, 1.82) is 0 Å². The topological polar surface area (TPSA) is 239 Å². The normalized spacial score (nSPS) is 13.9. The Labute approximate surface area is 92.8 Å². The summed E-state index contributed by atoms with van der Waals surface area (Å²) in [5, 5.41) is 0. The van der Waals surface area contributed by atoms with Gasteiger partial charge < -0.3 is 39.1 Å². The summed E-state index contributed by atoms with van der Waals surface area (Å²) in [6, 6.07) is 0. The van der Waals surface area contributed by atoms with Gasteiger partial charge >= 0.3 is 30.2 Å². The molecule has 0 aromatic rings. The van der Waals surface area contributed by atoms with E-state index in [2.05, 4.69) is 4.31 Å². The van der Waals surface area contributed by atoms with Crippen molar-refractivity contribution in [2.45, 2.75) is 0 Å². The summed E-state index contributed by atoms with van der Waals surface area (Å²) in [6.07, 6.45) is 0. The Morgan fingerprint density at radius 2 is 0.706 bits per heavy atom. The lowest BCUT2D eigenvalue weighted by atomic mass is 15.7. The average Bonchev–Trinajstić information content (AvgIpc) is 1.71. The molecule has 0 heterocycles. The van der Waals surface area contributed by atoms with E-state index < -0.39 is 30.2 Å². The van der Waals surface area contributed by atoms with Gasteiger partial charge in [-0.1, -0.05) is 0 Å². The zero-order chi connectivity index (χ0) is 14.7. The van der Waals surface area contributed by atoms with Crippen LogP contribution in [0.1, 0.15) is 0 Å². The van der Waals surface area contributed by atoms with Crippen molar-refractivity contribution in [3.05, 3.63) is 0 Å². The Bertz CT molecular complexity index is 365. The molecule has 0 aromatic heterocycles. The summed E-state index contributed by atoms with van der Waals surface area (Å²) in [6.45, 7) is 0. The van der Waals surface area contributed by atoms with Crippen molar-refractivity contribution in [2.75, 3.05) is 0 Å². The second kappa shape index (κ2) is 6.14. The summed E-state index contributed by atoms with van der Waals surface area (Å²) in [5.41, 5.74) is 0. The van der Waals surface area contributed by atoms with Crippen molar-refractivity contribution >= 4 is 30.2 Å². The van der Waals surface area contributed by atoms with Crippen LogP contribution >= 0.6 is 30.2 Å². The number of hydrogen-bond acceptors (Lipinski definition) is 5. The van der Waals surface area contributed by atoms with Gasteiger partial charge in [0.25, 0.3) is 0 Å². The minimum atomic E-state index is -5.18. The predicted molar refractivity (Wildman–Crippen MR) is 49.3 cm³/mol. The molecule has 0 radical (unpaired) electrons. The van der Waals surface area contributed by atoms with Gasteiger partial charge in [-0.2, -0.15) is 4.31 Å². The maximum absolute atomic E-state index is 9.63. The number of phosphoric acid groups is 2. The van der Waals surface area contributed by atoms with E-state index >= 15 is 0 Å². The first-order valence-electron chi connectivity index (χ1n) is 2.90. The highest BCUT2D eigenvalue weighted by molar-refractivity contribution is 8.26. The molecule has 0 fully saturated rings. The van der Waals surface area contributed by atoms with Gasteiger partial charge in [0.15, 0.2) is 0 Å². The van der Waals surface area contributed by atoms with Gasteiger partial charge in [0.2, 0.25) is 0 Å². The van der Waals surface area contributed by atoms with Crippen molar-refractivity contribution in [2.24, 2.45) is 0 Å². The van der Waals surface area contributed by atoms with E-state index in [-0.39, 0.29) is 0 Å². The Balaban J connectivity index is 0. The number of hydrogen-bond donors (Lipinski definition) is 8. The summed E-state index contributed by atoms with van der Waals surface area (Å²) in [4.78, 5) is 61.8. The standard InChI is InChI=1S/H4O7P2.H4O6P2/c1-8(2,3)7-9(4,5)6;1-7(2,3)8(4,5)6/h(H2,1,2,3)(H2,4,5,6);(H2,1,2,3)(H2,4,5,6). The summed E-state index contributed by atoms with van der Waals surface area (Å²) < 4.78 is 41.4. The van der Waals surface area contributed by atoms with Gasteiger partial charge in [-0.25, -0.2) is 18.3 Å². The number of rotatable bonds is 3. The molecule has 13 nitrogen and oxygen atoms in total.